The van der Waals surface area contributed by atoms with Gasteiger partial charge in [-0.15, -0.1) is 0 Å². The summed E-state index contributed by atoms with van der Waals surface area (Å²) in [6.07, 6.45) is 5.64. The number of hydrogen-bond acceptors (Lipinski definition) is 6. The second kappa shape index (κ2) is 6.78. The molecule has 0 spiro atoms. The van der Waals surface area contributed by atoms with E-state index in [1.807, 2.05) is 13.0 Å². The maximum atomic E-state index is 11.7. The first-order valence-corrected chi connectivity index (χ1v) is 8.95. The molecule has 1 saturated heterocycles. The van der Waals surface area contributed by atoms with E-state index in [1.165, 1.54) is 6.26 Å². The molecule has 0 aromatic carbocycles. The van der Waals surface area contributed by atoms with E-state index >= 15 is 0 Å². The van der Waals surface area contributed by atoms with Gasteiger partial charge in [0.15, 0.2) is 0 Å². The third-order valence-electron chi connectivity index (χ3n) is 3.88. The van der Waals surface area contributed by atoms with Gasteiger partial charge >= 0.3 is 0 Å². The van der Waals surface area contributed by atoms with Gasteiger partial charge in [0.05, 0.1) is 18.0 Å². The minimum atomic E-state index is -3.12. The molecule has 0 bridgehead atoms. The first kappa shape index (κ1) is 16.3. The fourth-order valence-electron chi connectivity index (χ4n) is 2.80. The van der Waals surface area contributed by atoms with Gasteiger partial charge in [0.2, 0.25) is 10.0 Å². The Morgan fingerprint density at radius 3 is 2.95 bits per heavy atom. The van der Waals surface area contributed by atoms with Crippen LogP contribution in [0.1, 0.15) is 36.8 Å². The van der Waals surface area contributed by atoms with Crippen molar-refractivity contribution in [2.24, 2.45) is 11.8 Å². The minimum Gasteiger partial charge on any atom is -0.271 e. The van der Waals surface area contributed by atoms with Gasteiger partial charge in [0.1, 0.15) is 5.82 Å². The molecule has 0 amide bonds. The lowest BCUT2D eigenvalue weighted by Crippen LogP contribution is -2.41. The van der Waals surface area contributed by atoms with Crippen molar-refractivity contribution in [1.82, 2.24) is 19.7 Å². The largest absolute Gasteiger partial charge is 0.271 e. The number of nitrogens with one attached hydrogen (secondary N) is 1. The predicted molar refractivity (Wildman–Crippen MR) is 80.6 cm³/mol. The van der Waals surface area contributed by atoms with Crippen molar-refractivity contribution < 1.29 is 8.42 Å². The van der Waals surface area contributed by atoms with Crippen LogP contribution in [-0.4, -0.2) is 42.0 Å². The van der Waals surface area contributed by atoms with Crippen LogP contribution >= 0.6 is 0 Å². The predicted octanol–water partition coefficient (Wildman–Crippen LogP) is 0.351. The van der Waals surface area contributed by atoms with E-state index in [9.17, 15) is 8.42 Å². The molecule has 1 fully saturated rings. The van der Waals surface area contributed by atoms with E-state index in [4.69, 9.17) is 5.84 Å². The lowest BCUT2D eigenvalue weighted by atomic mass is 9.91. The summed E-state index contributed by atoms with van der Waals surface area (Å²) >= 11 is 0. The Hall–Kier alpha value is -1.09. The fraction of sp³-hybridized carbons (Fsp3) is 0.692. The van der Waals surface area contributed by atoms with Crippen molar-refractivity contribution in [3.63, 3.8) is 0 Å². The van der Waals surface area contributed by atoms with Crippen molar-refractivity contribution in [3.8, 4) is 0 Å². The van der Waals surface area contributed by atoms with Gasteiger partial charge in [0.25, 0.3) is 0 Å². The van der Waals surface area contributed by atoms with Gasteiger partial charge in [0, 0.05) is 19.3 Å². The molecule has 2 atom stereocenters. The zero-order valence-corrected chi connectivity index (χ0v) is 13.3. The van der Waals surface area contributed by atoms with Crippen LogP contribution in [0.25, 0.3) is 0 Å². The summed E-state index contributed by atoms with van der Waals surface area (Å²) in [6.45, 7) is 3.01. The molecule has 3 N–H and O–H groups in total. The zero-order valence-electron chi connectivity index (χ0n) is 12.5. The quantitative estimate of drug-likeness (QED) is 0.601. The highest BCUT2D eigenvalue weighted by Crippen LogP contribution is 2.27. The Kier molecular flexibility index (Phi) is 5.26. The normalized spacial score (nSPS) is 22.1. The van der Waals surface area contributed by atoms with Crippen LogP contribution in [0.5, 0.6) is 0 Å². The Balaban J connectivity index is 2.05. The minimum absolute atomic E-state index is 0.0868. The molecule has 2 unspecified atom stereocenters. The smallest absolute Gasteiger partial charge is 0.211 e. The van der Waals surface area contributed by atoms with Crippen LogP contribution in [0.2, 0.25) is 0 Å². The van der Waals surface area contributed by atoms with Crippen LogP contribution < -0.4 is 11.3 Å². The van der Waals surface area contributed by atoms with Gasteiger partial charge < -0.3 is 0 Å². The average Bonchev–Trinajstić information content (AvgIpc) is 2.44. The molecule has 2 rings (SSSR count). The summed E-state index contributed by atoms with van der Waals surface area (Å²) in [5, 5.41) is 0. The summed E-state index contributed by atoms with van der Waals surface area (Å²) in [6, 6.07) is 1.76. The lowest BCUT2D eigenvalue weighted by Gasteiger charge is -2.32. The van der Waals surface area contributed by atoms with Crippen LogP contribution in [0.3, 0.4) is 0 Å². The Labute approximate surface area is 126 Å². The van der Waals surface area contributed by atoms with E-state index < -0.39 is 10.0 Å². The second-order valence-electron chi connectivity index (χ2n) is 5.61. The molecule has 2 heterocycles. The van der Waals surface area contributed by atoms with Crippen molar-refractivity contribution in [2.45, 2.75) is 32.2 Å². The van der Waals surface area contributed by atoms with Crippen LogP contribution in [-0.2, 0) is 10.0 Å². The molecular weight excluding hydrogens is 290 g/mol. The number of rotatable bonds is 5. The lowest BCUT2D eigenvalue weighted by molar-refractivity contribution is 0.237. The number of aryl methyl sites for hydroxylation is 1. The van der Waals surface area contributed by atoms with Crippen LogP contribution in [0.4, 0.5) is 0 Å². The van der Waals surface area contributed by atoms with Crippen molar-refractivity contribution in [3.05, 3.63) is 23.8 Å². The van der Waals surface area contributed by atoms with Crippen LogP contribution in [0.15, 0.2) is 12.3 Å². The van der Waals surface area contributed by atoms with E-state index in [-0.39, 0.29) is 12.0 Å². The Morgan fingerprint density at radius 1 is 1.57 bits per heavy atom. The first-order valence-electron chi connectivity index (χ1n) is 7.11. The highest BCUT2D eigenvalue weighted by Gasteiger charge is 2.28. The van der Waals surface area contributed by atoms with Crippen LogP contribution in [0, 0.1) is 12.8 Å². The monoisotopic (exact) mass is 313 g/mol. The highest BCUT2D eigenvalue weighted by molar-refractivity contribution is 7.88. The molecule has 1 aromatic rings. The number of nitrogens with two attached hydrogens (primary N) is 1. The molecule has 7 nitrogen and oxygen atoms in total. The standard InChI is InChI=1S/C13H23N5O2S/c1-10-15-6-5-12(16-10)13(17-14)8-11-4-3-7-18(9-11)21(2,19)20/h5-6,11,13,17H,3-4,7-9,14H2,1-2H3. The Morgan fingerprint density at radius 2 is 2.33 bits per heavy atom. The van der Waals surface area contributed by atoms with E-state index in [2.05, 4.69) is 15.4 Å². The SMILES string of the molecule is Cc1nccc(C(CC2CCCN(S(C)(=O)=O)C2)NN)n1. The zero-order chi connectivity index (χ0) is 15.5. The van der Waals surface area contributed by atoms with Gasteiger partial charge in [-0.3, -0.25) is 11.3 Å². The average molecular weight is 313 g/mol. The highest BCUT2D eigenvalue weighted by atomic mass is 32.2. The number of hydrazine groups is 1. The summed E-state index contributed by atoms with van der Waals surface area (Å²) in [5.74, 6) is 6.64. The molecule has 0 saturated carbocycles. The maximum Gasteiger partial charge on any atom is 0.211 e. The van der Waals surface area contributed by atoms with E-state index in [1.54, 1.807) is 10.5 Å². The van der Waals surface area contributed by atoms with Crippen molar-refractivity contribution in [1.29, 1.82) is 0 Å². The molecule has 1 aliphatic heterocycles. The van der Waals surface area contributed by atoms with Gasteiger partial charge in [-0.05, 0) is 38.2 Å². The molecule has 118 valence electrons. The van der Waals surface area contributed by atoms with Gasteiger partial charge in [-0.2, -0.15) is 0 Å². The van der Waals surface area contributed by atoms with Crippen molar-refractivity contribution in [2.75, 3.05) is 19.3 Å². The number of piperidine rings is 1. The van der Waals surface area contributed by atoms with Gasteiger partial charge in [-0.1, -0.05) is 0 Å². The molecule has 1 aromatic heterocycles. The molecule has 8 heteroatoms. The van der Waals surface area contributed by atoms with E-state index in [0.29, 0.717) is 18.9 Å². The number of hydrogen-bond donors (Lipinski definition) is 2. The molecule has 1 aliphatic rings. The third kappa shape index (κ3) is 4.44. The summed E-state index contributed by atoms with van der Waals surface area (Å²) in [5.41, 5.74) is 3.64. The maximum absolute atomic E-state index is 11.7. The molecular formula is C13H23N5O2S. The fourth-order valence-corrected chi connectivity index (χ4v) is 3.74. The van der Waals surface area contributed by atoms with Gasteiger partial charge in [-0.25, -0.2) is 22.7 Å². The molecule has 0 aliphatic carbocycles. The summed E-state index contributed by atoms with van der Waals surface area (Å²) in [7, 11) is -3.12. The topological polar surface area (TPSA) is 101 Å². The molecule has 21 heavy (non-hydrogen) atoms. The van der Waals surface area contributed by atoms with E-state index in [0.717, 1.165) is 25.0 Å². The molecule has 0 radical (unpaired) electrons. The number of nitrogens with zero attached hydrogens (tertiary/aromatic N) is 3. The van der Waals surface area contributed by atoms with Crippen molar-refractivity contribution >= 4 is 10.0 Å². The third-order valence-corrected chi connectivity index (χ3v) is 5.15. The number of aromatic nitrogens is 2. The second-order valence-corrected chi connectivity index (χ2v) is 7.60. The Bertz CT molecular complexity index is 578. The summed E-state index contributed by atoms with van der Waals surface area (Å²) < 4.78 is 24.9. The summed E-state index contributed by atoms with van der Waals surface area (Å²) in [4.78, 5) is 8.47. The first-order chi connectivity index (χ1) is 9.90. The number of sulfonamides is 1.